The second-order valence-electron chi connectivity index (χ2n) is 6.03. The quantitative estimate of drug-likeness (QED) is 0.225. The van der Waals surface area contributed by atoms with E-state index in [1.54, 1.807) is 0 Å². The minimum atomic E-state index is -1.82. The van der Waals surface area contributed by atoms with Gasteiger partial charge in [0.2, 0.25) is 23.6 Å². The molecule has 0 radical (unpaired) electrons. The average molecular weight is 411 g/mol. The van der Waals surface area contributed by atoms with Crippen LogP contribution in [-0.2, 0) is 28.8 Å². The van der Waals surface area contributed by atoms with Gasteiger partial charge < -0.3 is 20.7 Å². The molecule has 2 aliphatic heterocycles. The molecule has 0 aromatic heterocycles. The molecule has 1 fully saturated rings. The van der Waals surface area contributed by atoms with Crippen LogP contribution in [0.5, 0.6) is 0 Å². The van der Waals surface area contributed by atoms with Crippen LogP contribution in [0.1, 0.15) is 26.7 Å². The summed E-state index contributed by atoms with van der Waals surface area (Å²) in [5, 5.41) is 9.63. The average Bonchev–Trinajstić information content (AvgIpc) is 2.94. The number of carbonyl (C=O) groups is 6. The number of carbonyl (C=O) groups excluding carboxylic acids is 6. The van der Waals surface area contributed by atoms with Crippen LogP contribution >= 0.6 is 11.1 Å². The Balaban J connectivity index is 2.37. The van der Waals surface area contributed by atoms with E-state index >= 15 is 0 Å². The van der Waals surface area contributed by atoms with Gasteiger partial charge in [-0.2, -0.15) is 0 Å². The van der Waals surface area contributed by atoms with E-state index < -0.39 is 52.6 Å². The number of hydrogen-bond donors (Lipinski definition) is 6. The van der Waals surface area contributed by atoms with E-state index in [1.807, 2.05) is 0 Å². The minimum absolute atomic E-state index is 0.0432. The van der Waals surface area contributed by atoms with E-state index in [4.69, 9.17) is 0 Å². The molecule has 5 N–H and O–H groups in total. The SMILES string of the molecule is CNC(=O)C1=CC(C(=O)NC2CCC(=O)NC2=O)=C(NC(C)=O)[SH]1NC(C)=O. The molecule has 2 atom stereocenters. The van der Waals surface area contributed by atoms with Gasteiger partial charge in [0.15, 0.2) is 0 Å². The van der Waals surface area contributed by atoms with Gasteiger partial charge in [-0.25, -0.2) is 0 Å². The van der Waals surface area contributed by atoms with Crippen LogP contribution in [0, 0.1) is 0 Å². The van der Waals surface area contributed by atoms with Gasteiger partial charge in [-0.3, -0.25) is 34.1 Å². The molecule has 1 saturated heterocycles. The third-order valence-corrected chi connectivity index (χ3v) is 5.97. The fraction of sp³-hybridized carbons (Fsp3) is 0.375. The van der Waals surface area contributed by atoms with Crippen molar-refractivity contribution in [1.29, 1.82) is 0 Å². The largest absolute Gasteiger partial charge is 0.355 e. The Labute approximate surface area is 163 Å². The molecular weight excluding hydrogens is 390 g/mol. The molecule has 152 valence electrons. The van der Waals surface area contributed by atoms with E-state index in [1.165, 1.54) is 27.0 Å². The summed E-state index contributed by atoms with van der Waals surface area (Å²) in [4.78, 5) is 71.4. The highest BCUT2D eigenvalue weighted by Crippen LogP contribution is 2.46. The molecule has 2 rings (SSSR count). The van der Waals surface area contributed by atoms with Crippen LogP contribution < -0.4 is 26.0 Å². The number of piperidine rings is 1. The van der Waals surface area contributed by atoms with Crippen molar-refractivity contribution in [2.75, 3.05) is 7.05 Å². The molecular formula is C16H21N5O6S. The second kappa shape index (κ2) is 8.69. The Kier molecular flexibility index (Phi) is 6.57. The van der Waals surface area contributed by atoms with E-state index in [-0.39, 0.29) is 28.3 Å². The van der Waals surface area contributed by atoms with Crippen LogP contribution in [0.2, 0.25) is 0 Å². The predicted molar refractivity (Wildman–Crippen MR) is 100 cm³/mol. The molecule has 28 heavy (non-hydrogen) atoms. The Bertz CT molecular complexity index is 833. The fourth-order valence-electron chi connectivity index (χ4n) is 2.61. The summed E-state index contributed by atoms with van der Waals surface area (Å²) in [6, 6.07) is -0.930. The minimum Gasteiger partial charge on any atom is -0.355 e. The first-order valence-corrected chi connectivity index (χ1v) is 9.65. The first-order chi connectivity index (χ1) is 13.1. The predicted octanol–water partition coefficient (Wildman–Crippen LogP) is -2.05. The lowest BCUT2D eigenvalue weighted by Gasteiger charge is -2.24. The standard InChI is InChI=1S/C16H21N5O6S/c1-7(22)18-16-9(6-11(15(27)17-3)28(16)21-8(2)23)13(25)19-10-4-5-12(24)20-14(10)26/h6,10,28H,4-5H2,1-3H3,(H,17,27)(H,18,22)(H,19,25)(H,21,23)(H,20,24,26). The molecule has 0 aliphatic carbocycles. The molecule has 0 bridgehead atoms. The number of hydrogen-bond acceptors (Lipinski definition) is 6. The van der Waals surface area contributed by atoms with Gasteiger partial charge in [-0.05, 0) is 12.5 Å². The van der Waals surface area contributed by atoms with Gasteiger partial charge in [0, 0.05) is 27.3 Å². The summed E-state index contributed by atoms with van der Waals surface area (Å²) in [5.74, 6) is -3.24. The van der Waals surface area contributed by atoms with Crippen LogP contribution in [0.4, 0.5) is 0 Å². The zero-order valence-electron chi connectivity index (χ0n) is 15.5. The zero-order valence-corrected chi connectivity index (χ0v) is 16.4. The molecule has 2 unspecified atom stereocenters. The molecule has 0 spiro atoms. The van der Waals surface area contributed by atoms with E-state index in [0.717, 1.165) is 0 Å². The van der Waals surface area contributed by atoms with Crippen molar-refractivity contribution in [2.24, 2.45) is 0 Å². The van der Waals surface area contributed by atoms with Crippen molar-refractivity contribution in [3.05, 3.63) is 21.6 Å². The highest BCUT2D eigenvalue weighted by atomic mass is 32.2. The number of nitrogens with one attached hydrogen (secondary N) is 5. The van der Waals surface area contributed by atoms with Gasteiger partial charge in [0.05, 0.1) is 15.5 Å². The smallest absolute Gasteiger partial charge is 0.257 e. The maximum absolute atomic E-state index is 12.8. The monoisotopic (exact) mass is 411 g/mol. The van der Waals surface area contributed by atoms with Crippen molar-refractivity contribution in [1.82, 2.24) is 26.0 Å². The van der Waals surface area contributed by atoms with E-state index in [2.05, 4.69) is 26.0 Å². The van der Waals surface area contributed by atoms with Crippen LogP contribution in [0.25, 0.3) is 0 Å². The Morgan fingerprint density at radius 3 is 2.32 bits per heavy atom. The number of rotatable bonds is 5. The summed E-state index contributed by atoms with van der Waals surface area (Å²) < 4.78 is 2.59. The number of thiol groups is 1. The number of imide groups is 1. The molecule has 0 saturated carbocycles. The summed E-state index contributed by atoms with van der Waals surface area (Å²) in [6.07, 6.45) is 1.48. The van der Waals surface area contributed by atoms with Crippen LogP contribution in [-0.4, -0.2) is 48.5 Å². The third-order valence-electron chi connectivity index (χ3n) is 3.81. The number of amides is 6. The van der Waals surface area contributed by atoms with E-state index in [0.29, 0.717) is 0 Å². The fourth-order valence-corrected chi connectivity index (χ4v) is 4.65. The summed E-state index contributed by atoms with van der Waals surface area (Å²) in [6.45, 7) is 2.47. The van der Waals surface area contributed by atoms with E-state index in [9.17, 15) is 28.8 Å². The maximum Gasteiger partial charge on any atom is 0.257 e. The van der Waals surface area contributed by atoms with Crippen molar-refractivity contribution < 1.29 is 28.8 Å². The van der Waals surface area contributed by atoms with Gasteiger partial charge in [-0.15, -0.1) is 11.1 Å². The lowest BCUT2D eigenvalue weighted by Crippen LogP contribution is -2.52. The Hall–Kier alpha value is -3.15. The van der Waals surface area contributed by atoms with Crippen molar-refractivity contribution in [3.8, 4) is 0 Å². The molecule has 0 aromatic carbocycles. The molecule has 11 nitrogen and oxygen atoms in total. The highest BCUT2D eigenvalue weighted by Gasteiger charge is 2.35. The Morgan fingerprint density at radius 1 is 1.11 bits per heavy atom. The molecule has 0 aromatic rings. The normalized spacial score (nSPS) is 22.8. The first kappa shape index (κ1) is 21.2. The number of likely N-dealkylation sites (N-methyl/N-ethyl adjacent to an activating group) is 1. The lowest BCUT2D eigenvalue weighted by molar-refractivity contribution is -0.136. The Morgan fingerprint density at radius 2 is 1.79 bits per heavy atom. The zero-order chi connectivity index (χ0) is 21.0. The van der Waals surface area contributed by atoms with Crippen molar-refractivity contribution in [3.63, 3.8) is 0 Å². The second-order valence-corrected chi connectivity index (χ2v) is 7.86. The third kappa shape index (κ3) is 4.76. The highest BCUT2D eigenvalue weighted by molar-refractivity contribution is 8.23. The first-order valence-electron chi connectivity index (χ1n) is 8.31. The maximum atomic E-state index is 12.8. The topological polar surface area (TPSA) is 163 Å². The van der Waals surface area contributed by atoms with Gasteiger partial charge in [-0.1, -0.05) is 0 Å². The molecule has 2 aliphatic rings. The lowest BCUT2D eigenvalue weighted by atomic mass is 10.1. The summed E-state index contributed by atoms with van der Waals surface area (Å²) >= 11 is -1.82. The van der Waals surface area contributed by atoms with Gasteiger partial charge in [0.25, 0.3) is 11.8 Å². The van der Waals surface area contributed by atoms with Crippen LogP contribution in [0.3, 0.4) is 0 Å². The van der Waals surface area contributed by atoms with Crippen LogP contribution in [0.15, 0.2) is 21.6 Å². The molecule has 12 heteroatoms. The molecule has 6 amide bonds. The van der Waals surface area contributed by atoms with Gasteiger partial charge >= 0.3 is 0 Å². The van der Waals surface area contributed by atoms with Crippen molar-refractivity contribution >= 4 is 46.5 Å². The molecule has 2 heterocycles. The summed E-state index contributed by atoms with van der Waals surface area (Å²) in [7, 11) is 1.39. The summed E-state index contributed by atoms with van der Waals surface area (Å²) in [5.41, 5.74) is -0.0432. The van der Waals surface area contributed by atoms with Gasteiger partial charge in [0.1, 0.15) is 6.04 Å². The van der Waals surface area contributed by atoms with Crippen molar-refractivity contribution in [2.45, 2.75) is 32.7 Å².